The number of halogens is 1. The van der Waals surface area contributed by atoms with E-state index in [1.165, 1.54) is 10.6 Å². The Bertz CT molecular complexity index is 294. The van der Waals surface area contributed by atoms with E-state index in [1.54, 1.807) is 0 Å². The van der Waals surface area contributed by atoms with Gasteiger partial charge in [-0.05, 0) is 25.2 Å². The summed E-state index contributed by atoms with van der Waals surface area (Å²) in [4.78, 5) is 0. The average Bonchev–Trinajstić information content (AvgIpc) is 2.17. The number of nitrogens with two attached hydrogens (primary N) is 1. The molecule has 1 aliphatic heterocycles. The van der Waals surface area contributed by atoms with Crippen LogP contribution < -0.4 is 5.73 Å². The summed E-state index contributed by atoms with van der Waals surface area (Å²) in [6, 6.07) is 0. The molecule has 0 aromatic rings. The van der Waals surface area contributed by atoms with E-state index in [-0.39, 0.29) is 12.5 Å². The molecule has 2 unspecified atom stereocenters. The lowest BCUT2D eigenvalue weighted by Crippen LogP contribution is -2.40. The first-order valence-electron chi connectivity index (χ1n) is 5.22. The fourth-order valence-corrected chi connectivity index (χ4v) is 2.92. The molecule has 0 saturated carbocycles. The molecule has 0 aromatic carbocycles. The Labute approximate surface area is 90.7 Å². The fourth-order valence-electron chi connectivity index (χ4n) is 1.98. The Kier molecular flexibility index (Phi) is 4.48. The zero-order valence-corrected chi connectivity index (χ0v) is 9.84. The minimum Gasteiger partial charge on any atom is -0.328 e. The van der Waals surface area contributed by atoms with Gasteiger partial charge in [0.15, 0.2) is 0 Å². The predicted molar refractivity (Wildman–Crippen MR) is 57.7 cm³/mol. The van der Waals surface area contributed by atoms with Gasteiger partial charge in [0.05, 0.1) is 6.26 Å². The lowest BCUT2D eigenvalue weighted by molar-refractivity contribution is 0.203. The van der Waals surface area contributed by atoms with Crippen LogP contribution in [0.5, 0.6) is 0 Å². The number of sulfonamides is 1. The summed E-state index contributed by atoms with van der Waals surface area (Å²) in [6.07, 6.45) is 2.28. The van der Waals surface area contributed by atoms with Crippen LogP contribution in [0.4, 0.5) is 4.39 Å². The van der Waals surface area contributed by atoms with Gasteiger partial charge in [-0.15, -0.1) is 0 Å². The van der Waals surface area contributed by atoms with Crippen LogP contribution in [0, 0.1) is 5.92 Å². The molecule has 6 heteroatoms. The molecule has 0 radical (unpaired) electrons. The summed E-state index contributed by atoms with van der Waals surface area (Å²) in [5.74, 6) is 0.118. The molecular formula is C9H19FN2O2S. The molecule has 1 aliphatic rings. The molecule has 1 heterocycles. The van der Waals surface area contributed by atoms with Crippen molar-refractivity contribution >= 4 is 10.0 Å². The molecule has 0 aliphatic carbocycles. The van der Waals surface area contributed by atoms with Gasteiger partial charge in [0, 0.05) is 19.6 Å². The molecule has 0 spiro atoms. The Hall–Kier alpha value is -0.200. The van der Waals surface area contributed by atoms with Gasteiger partial charge in [0.25, 0.3) is 0 Å². The number of nitrogens with zero attached hydrogens (tertiary/aromatic N) is 1. The van der Waals surface area contributed by atoms with Gasteiger partial charge >= 0.3 is 0 Å². The van der Waals surface area contributed by atoms with Crippen molar-refractivity contribution in [1.29, 1.82) is 0 Å². The van der Waals surface area contributed by atoms with Gasteiger partial charge in [-0.3, -0.25) is 0 Å². The van der Waals surface area contributed by atoms with E-state index in [2.05, 4.69) is 0 Å². The molecule has 1 saturated heterocycles. The van der Waals surface area contributed by atoms with Gasteiger partial charge in [0.1, 0.15) is 6.17 Å². The van der Waals surface area contributed by atoms with E-state index in [4.69, 9.17) is 5.73 Å². The van der Waals surface area contributed by atoms with Crippen molar-refractivity contribution in [2.45, 2.75) is 25.4 Å². The highest BCUT2D eigenvalue weighted by atomic mass is 32.2. The van der Waals surface area contributed by atoms with E-state index >= 15 is 0 Å². The van der Waals surface area contributed by atoms with E-state index in [9.17, 15) is 12.8 Å². The van der Waals surface area contributed by atoms with E-state index < -0.39 is 16.2 Å². The topological polar surface area (TPSA) is 63.4 Å². The van der Waals surface area contributed by atoms with Crippen molar-refractivity contribution in [2.75, 3.05) is 25.9 Å². The average molecular weight is 238 g/mol. The molecule has 2 atom stereocenters. The predicted octanol–water partition coefficient (Wildman–Crippen LogP) is 0.345. The highest BCUT2D eigenvalue weighted by Gasteiger charge is 2.27. The number of alkyl halides is 1. The first-order chi connectivity index (χ1) is 6.93. The number of rotatable bonds is 4. The van der Waals surface area contributed by atoms with Gasteiger partial charge in [-0.2, -0.15) is 0 Å². The third kappa shape index (κ3) is 4.04. The summed E-state index contributed by atoms with van der Waals surface area (Å²) < 4.78 is 37.1. The highest BCUT2D eigenvalue weighted by Crippen LogP contribution is 2.23. The van der Waals surface area contributed by atoms with E-state index in [0.717, 1.165) is 12.8 Å². The molecule has 1 fully saturated rings. The van der Waals surface area contributed by atoms with Crippen molar-refractivity contribution in [3.05, 3.63) is 0 Å². The number of hydrogen-bond donors (Lipinski definition) is 1. The first-order valence-corrected chi connectivity index (χ1v) is 7.07. The van der Waals surface area contributed by atoms with Crippen LogP contribution >= 0.6 is 0 Å². The highest BCUT2D eigenvalue weighted by molar-refractivity contribution is 7.88. The third-order valence-electron chi connectivity index (χ3n) is 2.80. The standard InChI is InChI=1S/C9H19FN2O2S/c1-15(13,14)12-4-2-3-8(7-12)5-9(10)6-11/h8-9H,2-7,11H2,1H3. The van der Waals surface area contributed by atoms with Crippen LogP contribution in [0.15, 0.2) is 0 Å². The van der Waals surface area contributed by atoms with Gasteiger partial charge in [0.2, 0.25) is 10.0 Å². The van der Waals surface area contributed by atoms with E-state index in [1.807, 2.05) is 0 Å². The zero-order chi connectivity index (χ0) is 11.5. The summed E-state index contributed by atoms with van der Waals surface area (Å²) >= 11 is 0. The van der Waals surface area contributed by atoms with Crippen LogP contribution in [0.1, 0.15) is 19.3 Å². The maximum Gasteiger partial charge on any atom is 0.211 e. The van der Waals surface area contributed by atoms with Crippen LogP contribution in [-0.2, 0) is 10.0 Å². The van der Waals surface area contributed by atoms with Crippen LogP contribution in [0.2, 0.25) is 0 Å². The lowest BCUT2D eigenvalue weighted by Gasteiger charge is -2.31. The Morgan fingerprint density at radius 2 is 2.27 bits per heavy atom. The molecule has 0 bridgehead atoms. The minimum atomic E-state index is -3.12. The molecule has 1 rings (SSSR count). The second kappa shape index (κ2) is 5.23. The quantitative estimate of drug-likeness (QED) is 0.768. The van der Waals surface area contributed by atoms with Gasteiger partial charge in [-0.1, -0.05) is 0 Å². The first kappa shape index (κ1) is 12.9. The van der Waals surface area contributed by atoms with Crippen molar-refractivity contribution in [2.24, 2.45) is 11.7 Å². The molecule has 0 aromatic heterocycles. The summed E-state index contributed by atoms with van der Waals surface area (Å²) in [5, 5.41) is 0. The minimum absolute atomic E-state index is 0.0232. The Morgan fingerprint density at radius 1 is 1.60 bits per heavy atom. The summed E-state index contributed by atoms with van der Waals surface area (Å²) in [5.41, 5.74) is 5.20. The SMILES string of the molecule is CS(=O)(=O)N1CCCC(CC(F)CN)C1. The summed E-state index contributed by atoms with van der Waals surface area (Å²) in [7, 11) is -3.12. The Morgan fingerprint density at radius 3 is 2.80 bits per heavy atom. The van der Waals surface area contributed by atoms with Crippen molar-refractivity contribution in [1.82, 2.24) is 4.31 Å². The third-order valence-corrected chi connectivity index (χ3v) is 4.07. The zero-order valence-electron chi connectivity index (χ0n) is 9.02. The van der Waals surface area contributed by atoms with Crippen molar-refractivity contribution < 1.29 is 12.8 Å². The maximum atomic E-state index is 13.0. The monoisotopic (exact) mass is 238 g/mol. The van der Waals surface area contributed by atoms with Gasteiger partial charge in [-0.25, -0.2) is 17.1 Å². The van der Waals surface area contributed by atoms with Crippen molar-refractivity contribution in [3.8, 4) is 0 Å². The normalized spacial score (nSPS) is 26.5. The van der Waals surface area contributed by atoms with Gasteiger partial charge < -0.3 is 5.73 Å². The summed E-state index contributed by atoms with van der Waals surface area (Å²) in [6.45, 7) is 1.03. The van der Waals surface area contributed by atoms with Crippen LogP contribution in [-0.4, -0.2) is 44.8 Å². The molecule has 15 heavy (non-hydrogen) atoms. The maximum absolute atomic E-state index is 13.0. The lowest BCUT2D eigenvalue weighted by atomic mass is 9.94. The fraction of sp³-hybridized carbons (Fsp3) is 1.00. The molecular weight excluding hydrogens is 219 g/mol. The Balaban J connectivity index is 2.49. The second-order valence-corrected chi connectivity index (χ2v) is 6.18. The molecule has 4 nitrogen and oxygen atoms in total. The molecule has 90 valence electrons. The van der Waals surface area contributed by atoms with Crippen LogP contribution in [0.25, 0.3) is 0 Å². The largest absolute Gasteiger partial charge is 0.328 e. The van der Waals surface area contributed by atoms with E-state index in [0.29, 0.717) is 19.5 Å². The number of piperidine rings is 1. The smallest absolute Gasteiger partial charge is 0.211 e. The number of hydrogen-bond acceptors (Lipinski definition) is 3. The van der Waals surface area contributed by atoms with Crippen molar-refractivity contribution in [3.63, 3.8) is 0 Å². The second-order valence-electron chi connectivity index (χ2n) is 4.20. The molecule has 0 amide bonds. The van der Waals surface area contributed by atoms with Crippen LogP contribution in [0.3, 0.4) is 0 Å². The molecule has 2 N–H and O–H groups in total.